The van der Waals surface area contributed by atoms with Gasteiger partial charge in [0.15, 0.2) is 6.10 Å². The minimum atomic E-state index is -0.933. The van der Waals surface area contributed by atoms with Crippen LogP contribution in [0.15, 0.2) is 18.2 Å². The highest BCUT2D eigenvalue weighted by atomic mass is 16.5. The number of rotatable bonds is 4. The van der Waals surface area contributed by atoms with Crippen molar-refractivity contribution >= 4 is 23.7 Å². The molecule has 1 aromatic rings. The van der Waals surface area contributed by atoms with Crippen LogP contribution < -0.4 is 5.32 Å². The van der Waals surface area contributed by atoms with Gasteiger partial charge < -0.3 is 10.1 Å². The summed E-state index contributed by atoms with van der Waals surface area (Å²) >= 11 is 0. The highest BCUT2D eigenvalue weighted by Crippen LogP contribution is 2.23. The largest absolute Gasteiger partial charge is 0.449 e. The molecule has 1 aliphatic carbocycles. The van der Waals surface area contributed by atoms with E-state index in [1.165, 1.54) is 38.6 Å². The predicted octanol–water partition coefficient (Wildman–Crippen LogP) is 1.91. The second-order valence-corrected chi connectivity index (χ2v) is 6.82. The number of imide groups is 1. The molecule has 1 atom stereocenters. The fourth-order valence-corrected chi connectivity index (χ4v) is 3.34. The van der Waals surface area contributed by atoms with E-state index in [9.17, 15) is 19.2 Å². The monoisotopic (exact) mass is 358 g/mol. The van der Waals surface area contributed by atoms with Gasteiger partial charge in [0.2, 0.25) is 0 Å². The molecule has 0 saturated heterocycles. The van der Waals surface area contributed by atoms with Crippen LogP contribution in [-0.4, -0.2) is 47.8 Å². The number of fused-ring (bicyclic) bond motifs is 1. The summed E-state index contributed by atoms with van der Waals surface area (Å²) in [5.41, 5.74) is 0.570. The molecule has 1 unspecified atom stereocenters. The first kappa shape index (κ1) is 18.1. The first-order valence-corrected chi connectivity index (χ1v) is 8.86. The molecule has 1 saturated carbocycles. The van der Waals surface area contributed by atoms with Crippen molar-refractivity contribution in [1.82, 2.24) is 10.2 Å². The molecule has 1 heterocycles. The van der Waals surface area contributed by atoms with E-state index in [4.69, 9.17) is 4.74 Å². The van der Waals surface area contributed by atoms with Crippen LogP contribution in [0.4, 0.5) is 0 Å². The molecule has 7 nitrogen and oxygen atoms in total. The number of esters is 1. The van der Waals surface area contributed by atoms with E-state index in [-0.39, 0.29) is 28.6 Å². The van der Waals surface area contributed by atoms with E-state index in [1.807, 2.05) is 0 Å². The van der Waals surface area contributed by atoms with Crippen LogP contribution in [0.3, 0.4) is 0 Å². The molecule has 0 radical (unpaired) electrons. The third kappa shape index (κ3) is 3.47. The smallest absolute Gasteiger partial charge is 0.338 e. The summed E-state index contributed by atoms with van der Waals surface area (Å²) in [6.07, 6.45) is 4.33. The maximum atomic E-state index is 12.3. The maximum Gasteiger partial charge on any atom is 0.338 e. The molecule has 1 aromatic carbocycles. The molecule has 2 aliphatic rings. The molecule has 3 rings (SSSR count). The van der Waals surface area contributed by atoms with Crippen molar-refractivity contribution in [2.24, 2.45) is 0 Å². The van der Waals surface area contributed by atoms with E-state index < -0.39 is 23.9 Å². The zero-order chi connectivity index (χ0) is 18.8. The Morgan fingerprint density at radius 3 is 2.46 bits per heavy atom. The van der Waals surface area contributed by atoms with Gasteiger partial charge in [-0.3, -0.25) is 19.3 Å². The summed E-state index contributed by atoms with van der Waals surface area (Å²) in [5, 5.41) is 2.91. The highest BCUT2D eigenvalue weighted by molar-refractivity contribution is 6.21. The molecule has 0 aromatic heterocycles. The normalized spacial score (nSPS) is 18.5. The highest BCUT2D eigenvalue weighted by Gasteiger charge is 2.33. The van der Waals surface area contributed by atoms with Gasteiger partial charge in [0.05, 0.1) is 16.7 Å². The number of hydrogen-bond acceptors (Lipinski definition) is 5. The average Bonchev–Trinajstić information content (AvgIpc) is 2.86. The minimum absolute atomic E-state index is 0.136. The van der Waals surface area contributed by atoms with Crippen LogP contribution in [0.25, 0.3) is 0 Å². The number of ether oxygens (including phenoxy) is 1. The van der Waals surface area contributed by atoms with E-state index in [0.717, 1.165) is 30.6 Å². The predicted molar refractivity (Wildman–Crippen MR) is 92.8 cm³/mol. The van der Waals surface area contributed by atoms with E-state index >= 15 is 0 Å². The SMILES string of the molecule is CC(OC(=O)c1ccc2c(c1)C(=O)N(C)C2=O)C(=O)NC1CCCCC1. The Balaban J connectivity index is 1.64. The first-order valence-electron chi connectivity index (χ1n) is 8.86. The van der Waals surface area contributed by atoms with Crippen molar-refractivity contribution in [2.75, 3.05) is 7.05 Å². The molecule has 3 amide bonds. The molecule has 1 N–H and O–H groups in total. The first-order chi connectivity index (χ1) is 12.4. The van der Waals surface area contributed by atoms with Crippen LogP contribution in [0, 0.1) is 0 Å². The van der Waals surface area contributed by atoms with Crippen molar-refractivity contribution in [3.05, 3.63) is 34.9 Å². The molecule has 1 fully saturated rings. The average molecular weight is 358 g/mol. The second kappa shape index (κ2) is 7.27. The van der Waals surface area contributed by atoms with Gasteiger partial charge in [-0.1, -0.05) is 19.3 Å². The number of amides is 3. The van der Waals surface area contributed by atoms with Gasteiger partial charge in [-0.05, 0) is 38.0 Å². The molecular formula is C19H22N2O5. The van der Waals surface area contributed by atoms with Crippen LogP contribution in [0.2, 0.25) is 0 Å². The number of carbonyl (C=O) groups is 4. The number of nitrogens with zero attached hydrogens (tertiary/aromatic N) is 1. The lowest BCUT2D eigenvalue weighted by Gasteiger charge is -2.24. The van der Waals surface area contributed by atoms with Gasteiger partial charge in [-0.15, -0.1) is 0 Å². The second-order valence-electron chi connectivity index (χ2n) is 6.82. The number of carbonyl (C=O) groups excluding carboxylic acids is 4. The third-order valence-corrected chi connectivity index (χ3v) is 4.93. The summed E-state index contributed by atoms with van der Waals surface area (Å²) < 4.78 is 5.23. The van der Waals surface area contributed by atoms with Gasteiger partial charge in [0.25, 0.3) is 17.7 Å². The van der Waals surface area contributed by atoms with Crippen LogP contribution >= 0.6 is 0 Å². The summed E-state index contributed by atoms with van der Waals surface area (Å²) in [7, 11) is 1.39. The van der Waals surface area contributed by atoms with Gasteiger partial charge in [0.1, 0.15) is 0 Å². The standard InChI is InChI=1S/C19H22N2O5/c1-11(16(22)20-13-6-4-3-5-7-13)26-19(25)12-8-9-14-15(10-12)18(24)21(2)17(14)23/h8-11,13H,3-7H2,1-2H3,(H,20,22). The van der Waals surface area contributed by atoms with Crippen molar-refractivity contribution in [3.63, 3.8) is 0 Å². The minimum Gasteiger partial charge on any atom is -0.449 e. The van der Waals surface area contributed by atoms with Crippen LogP contribution in [0.5, 0.6) is 0 Å². The zero-order valence-corrected chi connectivity index (χ0v) is 14.9. The zero-order valence-electron chi connectivity index (χ0n) is 14.9. The van der Waals surface area contributed by atoms with E-state index in [2.05, 4.69) is 5.32 Å². The number of benzene rings is 1. The fourth-order valence-electron chi connectivity index (χ4n) is 3.34. The van der Waals surface area contributed by atoms with Crippen molar-refractivity contribution < 1.29 is 23.9 Å². The Kier molecular flexibility index (Phi) is 5.06. The van der Waals surface area contributed by atoms with Gasteiger partial charge in [0, 0.05) is 13.1 Å². The molecular weight excluding hydrogens is 336 g/mol. The number of nitrogens with one attached hydrogen (secondary N) is 1. The summed E-state index contributed by atoms with van der Waals surface area (Å²) in [6, 6.07) is 4.34. The molecule has 0 spiro atoms. The van der Waals surface area contributed by atoms with Crippen molar-refractivity contribution in [3.8, 4) is 0 Å². The molecule has 1 aliphatic heterocycles. The Labute approximate surface area is 151 Å². The molecule has 7 heteroatoms. The lowest BCUT2D eigenvalue weighted by atomic mass is 9.95. The molecule has 26 heavy (non-hydrogen) atoms. The number of hydrogen-bond donors (Lipinski definition) is 1. The van der Waals surface area contributed by atoms with Crippen LogP contribution in [0.1, 0.15) is 70.1 Å². The van der Waals surface area contributed by atoms with E-state index in [1.54, 1.807) is 0 Å². The lowest BCUT2D eigenvalue weighted by Crippen LogP contribution is -2.42. The third-order valence-electron chi connectivity index (χ3n) is 4.93. The van der Waals surface area contributed by atoms with Gasteiger partial charge in [-0.25, -0.2) is 4.79 Å². The summed E-state index contributed by atoms with van der Waals surface area (Å²) in [6.45, 7) is 1.52. The fraction of sp³-hybridized carbons (Fsp3) is 0.474. The molecule has 0 bridgehead atoms. The van der Waals surface area contributed by atoms with Gasteiger partial charge in [-0.2, -0.15) is 0 Å². The summed E-state index contributed by atoms with van der Waals surface area (Å²) in [4.78, 5) is 49.4. The maximum absolute atomic E-state index is 12.3. The Bertz CT molecular complexity index is 767. The Morgan fingerprint density at radius 1 is 1.12 bits per heavy atom. The summed E-state index contributed by atoms with van der Waals surface area (Å²) in [5.74, 6) is -1.88. The van der Waals surface area contributed by atoms with E-state index in [0.29, 0.717) is 0 Å². The van der Waals surface area contributed by atoms with Crippen molar-refractivity contribution in [2.45, 2.75) is 51.2 Å². The lowest BCUT2D eigenvalue weighted by molar-refractivity contribution is -0.130. The Hall–Kier alpha value is -2.70. The Morgan fingerprint density at radius 2 is 1.77 bits per heavy atom. The van der Waals surface area contributed by atoms with Gasteiger partial charge >= 0.3 is 5.97 Å². The van der Waals surface area contributed by atoms with Crippen LogP contribution in [-0.2, 0) is 9.53 Å². The molecule has 138 valence electrons. The topological polar surface area (TPSA) is 92.8 Å². The van der Waals surface area contributed by atoms with Crippen molar-refractivity contribution in [1.29, 1.82) is 0 Å². The quantitative estimate of drug-likeness (QED) is 0.655.